The van der Waals surface area contributed by atoms with Gasteiger partial charge < -0.3 is 14.6 Å². The van der Waals surface area contributed by atoms with E-state index in [1.165, 1.54) is 21.9 Å². The standard InChI is InChI=1S/C23H23NO6S2/c1-4-24(32(27,28)21-14-5-16(2)22(15-21)23(25)26)31-20-12-10-19(11-13-20)30-18-8-6-17(29-3)7-9-18/h5-15H,4H2,1-3H3,(H,25,26). The van der Waals surface area contributed by atoms with Gasteiger partial charge >= 0.3 is 5.97 Å². The number of nitrogens with zero attached hydrogens (tertiary/aromatic N) is 1. The molecular formula is C23H23NO6S2. The van der Waals surface area contributed by atoms with Crippen LogP contribution in [0.1, 0.15) is 22.8 Å². The van der Waals surface area contributed by atoms with E-state index in [0.29, 0.717) is 22.0 Å². The van der Waals surface area contributed by atoms with Crippen LogP contribution in [0, 0.1) is 6.92 Å². The van der Waals surface area contributed by atoms with Crippen molar-refractivity contribution in [1.29, 1.82) is 0 Å². The molecular weight excluding hydrogens is 450 g/mol. The molecule has 3 rings (SSSR count). The molecule has 0 aromatic heterocycles. The van der Waals surface area contributed by atoms with Crippen molar-refractivity contribution in [2.24, 2.45) is 0 Å². The minimum atomic E-state index is -3.90. The Morgan fingerprint density at radius 3 is 2.06 bits per heavy atom. The smallest absolute Gasteiger partial charge is 0.335 e. The predicted molar refractivity (Wildman–Crippen MR) is 123 cm³/mol. The van der Waals surface area contributed by atoms with Crippen LogP contribution in [0.15, 0.2) is 76.5 Å². The number of carbonyl (C=O) groups is 1. The number of methoxy groups -OCH3 is 1. The van der Waals surface area contributed by atoms with Gasteiger partial charge in [-0.05, 0) is 85.1 Å². The highest BCUT2D eigenvalue weighted by atomic mass is 32.3. The molecule has 1 N–H and O–H groups in total. The number of rotatable bonds is 9. The van der Waals surface area contributed by atoms with Crippen molar-refractivity contribution in [3.63, 3.8) is 0 Å². The first-order valence-corrected chi connectivity index (χ1v) is 11.9. The van der Waals surface area contributed by atoms with Gasteiger partial charge in [-0.15, -0.1) is 3.71 Å². The second kappa shape index (κ2) is 10.1. The maximum absolute atomic E-state index is 13.1. The van der Waals surface area contributed by atoms with Crippen molar-refractivity contribution in [2.45, 2.75) is 23.6 Å². The van der Waals surface area contributed by atoms with Crippen LogP contribution < -0.4 is 9.47 Å². The van der Waals surface area contributed by atoms with E-state index in [1.807, 2.05) is 0 Å². The highest BCUT2D eigenvalue weighted by Gasteiger charge is 2.26. The van der Waals surface area contributed by atoms with E-state index in [0.717, 1.165) is 17.7 Å². The fourth-order valence-electron chi connectivity index (χ4n) is 2.86. The molecule has 3 aromatic carbocycles. The molecule has 0 saturated heterocycles. The van der Waals surface area contributed by atoms with Gasteiger partial charge in [-0.3, -0.25) is 0 Å². The fraction of sp³-hybridized carbons (Fsp3) is 0.174. The molecule has 32 heavy (non-hydrogen) atoms. The second-order valence-corrected chi connectivity index (χ2v) is 9.93. The van der Waals surface area contributed by atoms with Gasteiger partial charge in [-0.2, -0.15) is 0 Å². The van der Waals surface area contributed by atoms with Crippen LogP contribution in [0.4, 0.5) is 0 Å². The topological polar surface area (TPSA) is 93.1 Å². The van der Waals surface area contributed by atoms with Crippen LogP contribution in [-0.4, -0.2) is 36.9 Å². The fourth-order valence-corrected chi connectivity index (χ4v) is 5.47. The Labute approximate surface area is 191 Å². The van der Waals surface area contributed by atoms with Gasteiger partial charge in [0.25, 0.3) is 10.0 Å². The molecule has 0 spiro atoms. The molecule has 0 aliphatic carbocycles. The minimum absolute atomic E-state index is 0.0350. The molecule has 7 nitrogen and oxygen atoms in total. The summed E-state index contributed by atoms with van der Waals surface area (Å²) < 4.78 is 38.3. The molecule has 0 amide bonds. The summed E-state index contributed by atoms with van der Waals surface area (Å²) in [5, 5.41) is 9.31. The van der Waals surface area contributed by atoms with Crippen LogP contribution in [-0.2, 0) is 10.0 Å². The summed E-state index contributed by atoms with van der Waals surface area (Å²) >= 11 is 1.05. The number of sulfonamides is 1. The molecule has 168 valence electrons. The number of benzene rings is 3. The Hall–Kier alpha value is -3.01. The van der Waals surface area contributed by atoms with Gasteiger partial charge in [-0.1, -0.05) is 13.0 Å². The van der Waals surface area contributed by atoms with E-state index in [1.54, 1.807) is 69.5 Å². The van der Waals surface area contributed by atoms with E-state index < -0.39 is 16.0 Å². The number of aromatic carboxylic acids is 1. The first kappa shape index (κ1) is 23.6. The summed E-state index contributed by atoms with van der Waals surface area (Å²) in [4.78, 5) is 12.0. The number of aryl methyl sites for hydroxylation is 1. The average molecular weight is 474 g/mol. The second-order valence-electron chi connectivity index (χ2n) is 6.75. The number of ether oxygens (including phenoxy) is 2. The molecule has 0 aliphatic rings. The zero-order valence-corrected chi connectivity index (χ0v) is 19.4. The van der Waals surface area contributed by atoms with Gasteiger partial charge in [0.05, 0.1) is 17.6 Å². The predicted octanol–water partition coefficient (Wildman–Crippen LogP) is 5.21. The molecule has 0 unspecified atom stereocenters. The van der Waals surface area contributed by atoms with E-state index in [2.05, 4.69) is 0 Å². The molecule has 0 radical (unpaired) electrons. The molecule has 3 aromatic rings. The van der Waals surface area contributed by atoms with Crippen LogP contribution >= 0.6 is 11.9 Å². The van der Waals surface area contributed by atoms with Crippen LogP contribution in [0.25, 0.3) is 0 Å². The van der Waals surface area contributed by atoms with Crippen molar-refractivity contribution in [3.05, 3.63) is 77.9 Å². The van der Waals surface area contributed by atoms with E-state index in [4.69, 9.17) is 9.47 Å². The number of carboxylic acid groups (broad SMARTS) is 1. The lowest BCUT2D eigenvalue weighted by molar-refractivity contribution is 0.0696. The Bertz CT molecular complexity index is 1190. The summed E-state index contributed by atoms with van der Waals surface area (Å²) in [7, 11) is -2.30. The third-order valence-electron chi connectivity index (χ3n) is 4.59. The largest absolute Gasteiger partial charge is 0.497 e. The van der Waals surface area contributed by atoms with Crippen molar-refractivity contribution in [1.82, 2.24) is 3.71 Å². The van der Waals surface area contributed by atoms with Gasteiger partial charge in [-0.25, -0.2) is 13.2 Å². The van der Waals surface area contributed by atoms with E-state index >= 15 is 0 Å². The highest BCUT2D eigenvalue weighted by molar-refractivity contribution is 8.08. The van der Waals surface area contributed by atoms with Crippen molar-refractivity contribution in [2.75, 3.05) is 13.7 Å². The first-order chi connectivity index (χ1) is 15.2. The third-order valence-corrected chi connectivity index (χ3v) is 7.99. The lowest BCUT2D eigenvalue weighted by Gasteiger charge is -2.20. The summed E-state index contributed by atoms with van der Waals surface area (Å²) in [6.45, 7) is 3.55. The average Bonchev–Trinajstić information content (AvgIpc) is 2.78. The minimum Gasteiger partial charge on any atom is -0.497 e. The third kappa shape index (κ3) is 5.42. The molecule has 0 atom stereocenters. The van der Waals surface area contributed by atoms with Gasteiger partial charge in [0, 0.05) is 11.4 Å². The Kier molecular flexibility index (Phi) is 7.44. The monoisotopic (exact) mass is 473 g/mol. The Morgan fingerprint density at radius 2 is 1.53 bits per heavy atom. The molecule has 0 bridgehead atoms. The molecule has 9 heteroatoms. The molecule has 0 aliphatic heterocycles. The van der Waals surface area contributed by atoms with Crippen molar-refractivity contribution < 1.29 is 27.8 Å². The van der Waals surface area contributed by atoms with Gasteiger partial charge in [0.1, 0.15) is 17.2 Å². The van der Waals surface area contributed by atoms with Crippen molar-refractivity contribution >= 4 is 27.9 Å². The number of hydrogen-bond acceptors (Lipinski definition) is 6. The summed E-state index contributed by atoms with van der Waals surface area (Å²) in [5.41, 5.74) is 0.465. The highest BCUT2D eigenvalue weighted by Crippen LogP contribution is 2.32. The van der Waals surface area contributed by atoms with Gasteiger partial charge in [0.2, 0.25) is 0 Å². The van der Waals surface area contributed by atoms with Crippen LogP contribution in [0.2, 0.25) is 0 Å². The number of carboxylic acids is 1. The zero-order valence-electron chi connectivity index (χ0n) is 17.8. The SMILES string of the molecule is CCN(Sc1ccc(Oc2ccc(OC)cc2)cc1)S(=O)(=O)c1ccc(C)c(C(=O)O)c1. The van der Waals surface area contributed by atoms with Crippen molar-refractivity contribution in [3.8, 4) is 17.2 Å². The van der Waals surface area contributed by atoms with Crippen LogP contribution in [0.5, 0.6) is 17.2 Å². The van der Waals surface area contributed by atoms with E-state index in [-0.39, 0.29) is 17.0 Å². The maximum Gasteiger partial charge on any atom is 0.335 e. The summed E-state index contributed by atoms with van der Waals surface area (Å²) in [5.74, 6) is 0.823. The molecule has 0 fully saturated rings. The Morgan fingerprint density at radius 1 is 0.969 bits per heavy atom. The van der Waals surface area contributed by atoms with Crippen LogP contribution in [0.3, 0.4) is 0 Å². The molecule has 0 saturated carbocycles. The lowest BCUT2D eigenvalue weighted by Crippen LogP contribution is -2.24. The normalized spacial score (nSPS) is 11.4. The summed E-state index contributed by atoms with van der Waals surface area (Å²) in [6.07, 6.45) is 0. The zero-order chi connectivity index (χ0) is 23.3. The lowest BCUT2D eigenvalue weighted by atomic mass is 10.1. The van der Waals surface area contributed by atoms with Gasteiger partial charge in [0.15, 0.2) is 0 Å². The maximum atomic E-state index is 13.1. The first-order valence-electron chi connectivity index (χ1n) is 9.71. The Balaban J connectivity index is 1.76. The quantitative estimate of drug-likeness (QED) is 0.426. The van der Waals surface area contributed by atoms with E-state index in [9.17, 15) is 18.3 Å². The summed E-state index contributed by atoms with van der Waals surface area (Å²) in [6, 6.07) is 18.3. The molecule has 0 heterocycles. The number of hydrogen-bond donors (Lipinski definition) is 1.